The molecule has 3 rings (SSSR count). The lowest BCUT2D eigenvalue weighted by Gasteiger charge is -2.19. The summed E-state index contributed by atoms with van der Waals surface area (Å²) in [6.45, 7) is 3.24. The Labute approximate surface area is 125 Å². The number of nitrogen functional groups attached to an aromatic ring is 1. The number of nitrogens with one attached hydrogen (secondary N) is 1. The number of fused-ring (bicyclic) bond motifs is 1. The van der Waals surface area contributed by atoms with Crippen LogP contribution in [0.15, 0.2) is 22.7 Å². The third-order valence-corrected chi connectivity index (χ3v) is 4.24. The van der Waals surface area contributed by atoms with E-state index in [1.54, 1.807) is 0 Å². The highest BCUT2D eigenvalue weighted by Gasteiger charge is 2.18. The fraction of sp³-hybridized carbons (Fsp3) is 0.286. The van der Waals surface area contributed by atoms with Crippen molar-refractivity contribution >= 4 is 21.7 Å². The van der Waals surface area contributed by atoms with E-state index in [9.17, 15) is 0 Å². The van der Waals surface area contributed by atoms with E-state index in [2.05, 4.69) is 31.3 Å². The molecule has 0 atom stereocenters. The minimum atomic E-state index is 0.507. The average molecular weight is 335 g/mol. The predicted molar refractivity (Wildman–Crippen MR) is 81.1 cm³/mol. The summed E-state index contributed by atoms with van der Waals surface area (Å²) in [5.74, 6) is 6.89. The maximum Gasteiger partial charge on any atom is 0.161 e. The number of ether oxygens (including phenoxy) is 1. The van der Waals surface area contributed by atoms with Gasteiger partial charge in [-0.3, -0.25) is 0 Å². The smallest absolute Gasteiger partial charge is 0.161 e. The second kappa shape index (κ2) is 5.47. The van der Waals surface area contributed by atoms with Gasteiger partial charge in [0.2, 0.25) is 0 Å². The van der Waals surface area contributed by atoms with Gasteiger partial charge in [0.1, 0.15) is 5.82 Å². The van der Waals surface area contributed by atoms with Crippen molar-refractivity contribution in [3.8, 4) is 11.4 Å². The topological polar surface area (TPSA) is 73.1 Å². The Balaban J connectivity index is 2.11. The number of benzene rings is 1. The molecule has 1 aliphatic heterocycles. The zero-order valence-electron chi connectivity index (χ0n) is 11.1. The summed E-state index contributed by atoms with van der Waals surface area (Å²) in [7, 11) is 0. The maximum atomic E-state index is 5.57. The zero-order chi connectivity index (χ0) is 14.1. The number of halogens is 1. The molecule has 2 aromatic rings. The van der Waals surface area contributed by atoms with Gasteiger partial charge in [-0.05, 0) is 18.6 Å². The van der Waals surface area contributed by atoms with Gasteiger partial charge in [0.15, 0.2) is 5.82 Å². The first-order chi connectivity index (χ1) is 9.69. The molecule has 0 amide bonds. The van der Waals surface area contributed by atoms with Crippen LogP contribution in [0.5, 0.6) is 0 Å². The van der Waals surface area contributed by atoms with Crippen LogP contribution in [-0.2, 0) is 17.8 Å². The van der Waals surface area contributed by atoms with Gasteiger partial charge in [-0.25, -0.2) is 15.8 Å². The molecule has 20 heavy (non-hydrogen) atoms. The number of hydrazine groups is 1. The average Bonchev–Trinajstić information content (AvgIpc) is 2.49. The van der Waals surface area contributed by atoms with Crippen molar-refractivity contribution in [3.63, 3.8) is 0 Å². The molecule has 0 saturated carbocycles. The highest BCUT2D eigenvalue weighted by atomic mass is 79.9. The van der Waals surface area contributed by atoms with Crippen molar-refractivity contribution in [3.05, 3.63) is 39.5 Å². The summed E-state index contributed by atoms with van der Waals surface area (Å²) >= 11 is 3.54. The molecule has 2 heterocycles. The van der Waals surface area contributed by atoms with Crippen molar-refractivity contribution in [1.29, 1.82) is 0 Å². The van der Waals surface area contributed by atoms with Crippen LogP contribution in [0.2, 0.25) is 0 Å². The van der Waals surface area contributed by atoms with E-state index in [-0.39, 0.29) is 0 Å². The summed E-state index contributed by atoms with van der Waals surface area (Å²) in [5, 5.41) is 0. The molecule has 0 radical (unpaired) electrons. The maximum absolute atomic E-state index is 5.57. The Kier molecular flexibility index (Phi) is 3.69. The van der Waals surface area contributed by atoms with Gasteiger partial charge in [0.25, 0.3) is 0 Å². The van der Waals surface area contributed by atoms with E-state index in [1.807, 2.05) is 25.1 Å². The second-order valence-corrected chi connectivity index (χ2v) is 5.59. The van der Waals surface area contributed by atoms with Crippen LogP contribution in [0.3, 0.4) is 0 Å². The Hall–Kier alpha value is -1.50. The lowest BCUT2D eigenvalue weighted by atomic mass is 10.1. The van der Waals surface area contributed by atoms with E-state index in [0.29, 0.717) is 24.9 Å². The van der Waals surface area contributed by atoms with E-state index < -0.39 is 0 Å². The Morgan fingerprint density at radius 3 is 2.95 bits per heavy atom. The molecule has 0 saturated heterocycles. The van der Waals surface area contributed by atoms with E-state index in [1.165, 1.54) is 5.56 Å². The third-order valence-electron chi connectivity index (χ3n) is 3.39. The molecule has 1 aliphatic rings. The van der Waals surface area contributed by atoms with E-state index in [4.69, 9.17) is 10.6 Å². The first kappa shape index (κ1) is 13.5. The number of nitrogens with zero attached hydrogens (tertiary/aromatic N) is 2. The molecule has 3 N–H and O–H groups in total. The molecule has 1 aromatic carbocycles. The first-order valence-electron chi connectivity index (χ1n) is 6.39. The highest BCUT2D eigenvalue weighted by Crippen LogP contribution is 2.28. The predicted octanol–water partition coefficient (Wildman–Crippen LogP) is 2.57. The molecular weight excluding hydrogens is 320 g/mol. The lowest BCUT2D eigenvalue weighted by molar-refractivity contribution is 0.109. The van der Waals surface area contributed by atoms with Gasteiger partial charge in [-0.2, -0.15) is 0 Å². The van der Waals surface area contributed by atoms with Gasteiger partial charge in [-0.15, -0.1) is 0 Å². The van der Waals surface area contributed by atoms with Crippen LogP contribution in [0.25, 0.3) is 11.4 Å². The van der Waals surface area contributed by atoms with Gasteiger partial charge < -0.3 is 10.2 Å². The van der Waals surface area contributed by atoms with Gasteiger partial charge in [0.05, 0.1) is 18.9 Å². The van der Waals surface area contributed by atoms with Crippen molar-refractivity contribution in [1.82, 2.24) is 9.97 Å². The Morgan fingerprint density at radius 1 is 1.35 bits per heavy atom. The second-order valence-electron chi connectivity index (χ2n) is 4.73. The van der Waals surface area contributed by atoms with Crippen LogP contribution in [-0.4, -0.2) is 16.6 Å². The molecule has 0 bridgehead atoms. The number of aryl methyl sites for hydroxylation is 1. The highest BCUT2D eigenvalue weighted by molar-refractivity contribution is 9.10. The molecule has 0 spiro atoms. The van der Waals surface area contributed by atoms with Crippen LogP contribution < -0.4 is 11.3 Å². The number of nitrogens with two attached hydrogens (primary N) is 1. The molecule has 0 aliphatic carbocycles. The minimum absolute atomic E-state index is 0.507. The van der Waals surface area contributed by atoms with E-state index >= 15 is 0 Å². The van der Waals surface area contributed by atoms with Gasteiger partial charge in [0, 0.05) is 22.0 Å². The van der Waals surface area contributed by atoms with Crippen LogP contribution >= 0.6 is 15.9 Å². The number of anilines is 1. The number of hydrogen-bond donors (Lipinski definition) is 2. The SMILES string of the molecule is Cc1ccc(-c2nc3c(c(NN)n2)COCC3)cc1Br. The molecule has 5 nitrogen and oxygen atoms in total. The van der Waals surface area contributed by atoms with Crippen LogP contribution in [0, 0.1) is 6.92 Å². The zero-order valence-corrected chi connectivity index (χ0v) is 12.7. The fourth-order valence-electron chi connectivity index (χ4n) is 2.21. The van der Waals surface area contributed by atoms with E-state index in [0.717, 1.165) is 27.7 Å². The van der Waals surface area contributed by atoms with Crippen LogP contribution in [0.4, 0.5) is 5.82 Å². The summed E-state index contributed by atoms with van der Waals surface area (Å²) in [5.41, 5.74) is 6.75. The normalized spacial score (nSPS) is 13.9. The van der Waals surface area contributed by atoms with Crippen molar-refractivity contribution < 1.29 is 4.74 Å². The quantitative estimate of drug-likeness (QED) is 0.652. The van der Waals surface area contributed by atoms with Crippen molar-refractivity contribution in [2.45, 2.75) is 20.0 Å². The van der Waals surface area contributed by atoms with Crippen LogP contribution in [0.1, 0.15) is 16.8 Å². The minimum Gasteiger partial charge on any atom is -0.376 e. The monoisotopic (exact) mass is 334 g/mol. The summed E-state index contributed by atoms with van der Waals surface area (Å²) in [4.78, 5) is 9.15. The summed E-state index contributed by atoms with van der Waals surface area (Å²) in [6, 6.07) is 6.08. The fourth-order valence-corrected chi connectivity index (χ4v) is 2.59. The molecule has 0 unspecified atom stereocenters. The molecule has 104 valence electrons. The third kappa shape index (κ3) is 2.42. The standard InChI is InChI=1S/C14H15BrN4O/c1-8-2-3-9(6-11(8)15)13-17-12-4-5-20-7-10(12)14(18-13)19-16/h2-3,6H,4-5,7,16H2,1H3,(H,17,18,19). The lowest BCUT2D eigenvalue weighted by Crippen LogP contribution is -2.19. The number of aromatic nitrogens is 2. The molecular formula is C14H15BrN4O. The largest absolute Gasteiger partial charge is 0.376 e. The molecule has 0 fully saturated rings. The Bertz CT molecular complexity index is 643. The number of hydrogen-bond acceptors (Lipinski definition) is 5. The first-order valence-corrected chi connectivity index (χ1v) is 7.19. The number of rotatable bonds is 2. The van der Waals surface area contributed by atoms with Crippen molar-refractivity contribution in [2.24, 2.45) is 5.84 Å². The van der Waals surface area contributed by atoms with Crippen molar-refractivity contribution in [2.75, 3.05) is 12.0 Å². The Morgan fingerprint density at radius 2 is 2.20 bits per heavy atom. The molecule has 1 aromatic heterocycles. The van der Waals surface area contributed by atoms with Gasteiger partial charge >= 0.3 is 0 Å². The summed E-state index contributed by atoms with van der Waals surface area (Å²) < 4.78 is 6.48. The molecule has 6 heteroatoms. The van der Waals surface area contributed by atoms with Gasteiger partial charge in [-0.1, -0.05) is 28.1 Å². The summed E-state index contributed by atoms with van der Waals surface area (Å²) in [6.07, 6.45) is 0.784.